The highest BCUT2D eigenvalue weighted by atomic mass is 16.2. The van der Waals surface area contributed by atoms with Gasteiger partial charge in [0.1, 0.15) is 0 Å². The van der Waals surface area contributed by atoms with Gasteiger partial charge in [0.2, 0.25) is 0 Å². The first-order valence-electron chi connectivity index (χ1n) is 9.75. The first-order chi connectivity index (χ1) is 14.3. The van der Waals surface area contributed by atoms with Crippen LogP contribution in [0.1, 0.15) is 28.8 Å². The molecule has 1 aliphatic heterocycles. The molecule has 0 atom stereocenters. The van der Waals surface area contributed by atoms with Crippen molar-refractivity contribution >= 4 is 16.9 Å². The van der Waals surface area contributed by atoms with Crippen LogP contribution < -0.4 is 0 Å². The Kier molecular flexibility index (Phi) is 4.48. The lowest BCUT2D eigenvalue weighted by molar-refractivity contribution is 0.0794. The Morgan fingerprint density at radius 1 is 1.00 bits per heavy atom. The van der Waals surface area contributed by atoms with E-state index >= 15 is 0 Å². The molecule has 1 aliphatic rings. The molecule has 144 valence electrons. The molecule has 4 aromatic rings. The van der Waals surface area contributed by atoms with E-state index in [-0.39, 0.29) is 5.91 Å². The number of likely N-dealkylation sites (tertiary alicyclic amines) is 1. The Labute approximate surface area is 168 Å². The van der Waals surface area contributed by atoms with Crippen molar-refractivity contribution in [1.29, 1.82) is 0 Å². The van der Waals surface area contributed by atoms with E-state index < -0.39 is 0 Å². The molecule has 1 amide bonds. The fraction of sp³-hybridized carbons (Fsp3) is 0.227. The number of hydrogen-bond donors (Lipinski definition) is 0. The molecule has 1 fully saturated rings. The third-order valence-electron chi connectivity index (χ3n) is 5.25. The molecule has 0 radical (unpaired) electrons. The standard InChI is InChI=1S/C22H20N6O/c29-22(27-9-1-2-10-27)18-11-20(17-6-4-8-24-13-17)26-21-19(18)14-25-28(21)15-16-5-3-7-23-12-16/h3-8,11-14H,1-2,9-10,15H2. The molecule has 0 unspecified atom stereocenters. The average molecular weight is 384 g/mol. The van der Waals surface area contributed by atoms with E-state index in [0.29, 0.717) is 17.8 Å². The van der Waals surface area contributed by atoms with Gasteiger partial charge in [-0.2, -0.15) is 5.10 Å². The molecule has 7 heteroatoms. The molecule has 5 heterocycles. The van der Waals surface area contributed by atoms with Gasteiger partial charge in [-0.1, -0.05) is 6.07 Å². The highest BCUT2D eigenvalue weighted by Crippen LogP contribution is 2.27. The smallest absolute Gasteiger partial charge is 0.254 e. The van der Waals surface area contributed by atoms with Crippen LogP contribution in [0.5, 0.6) is 0 Å². The van der Waals surface area contributed by atoms with Crippen molar-refractivity contribution < 1.29 is 4.79 Å². The molecular weight excluding hydrogens is 364 g/mol. The number of nitrogens with zero attached hydrogens (tertiary/aromatic N) is 6. The third kappa shape index (κ3) is 3.35. The quantitative estimate of drug-likeness (QED) is 0.540. The van der Waals surface area contributed by atoms with E-state index in [9.17, 15) is 4.79 Å². The monoisotopic (exact) mass is 384 g/mol. The highest BCUT2D eigenvalue weighted by Gasteiger charge is 2.24. The van der Waals surface area contributed by atoms with Crippen molar-refractivity contribution in [2.75, 3.05) is 13.1 Å². The third-order valence-corrected chi connectivity index (χ3v) is 5.25. The minimum Gasteiger partial charge on any atom is -0.339 e. The summed E-state index contributed by atoms with van der Waals surface area (Å²) in [6, 6.07) is 9.60. The molecule has 0 N–H and O–H groups in total. The predicted molar refractivity (Wildman–Crippen MR) is 109 cm³/mol. The van der Waals surface area contributed by atoms with Crippen molar-refractivity contribution in [2.24, 2.45) is 0 Å². The summed E-state index contributed by atoms with van der Waals surface area (Å²) in [7, 11) is 0. The molecule has 7 nitrogen and oxygen atoms in total. The number of aromatic nitrogens is 5. The zero-order valence-corrected chi connectivity index (χ0v) is 15.9. The lowest BCUT2D eigenvalue weighted by atomic mass is 10.1. The van der Waals surface area contributed by atoms with Crippen LogP contribution in [0.25, 0.3) is 22.3 Å². The van der Waals surface area contributed by atoms with Gasteiger partial charge in [0, 0.05) is 43.4 Å². The Morgan fingerprint density at radius 3 is 2.52 bits per heavy atom. The van der Waals surface area contributed by atoms with Crippen molar-refractivity contribution in [3.8, 4) is 11.3 Å². The van der Waals surface area contributed by atoms with Crippen LogP contribution in [0, 0.1) is 0 Å². The van der Waals surface area contributed by atoms with Gasteiger partial charge in [0.25, 0.3) is 5.91 Å². The van der Waals surface area contributed by atoms with E-state index in [1.54, 1.807) is 24.8 Å². The van der Waals surface area contributed by atoms with Gasteiger partial charge in [0.05, 0.1) is 29.4 Å². The minimum atomic E-state index is 0.0426. The maximum atomic E-state index is 13.2. The van der Waals surface area contributed by atoms with Crippen LogP contribution in [0.4, 0.5) is 0 Å². The van der Waals surface area contributed by atoms with Gasteiger partial charge in [-0.3, -0.25) is 14.8 Å². The lowest BCUT2D eigenvalue weighted by Gasteiger charge is -2.16. The average Bonchev–Trinajstić information content (AvgIpc) is 3.45. The fourth-order valence-electron chi connectivity index (χ4n) is 3.76. The maximum absolute atomic E-state index is 13.2. The summed E-state index contributed by atoms with van der Waals surface area (Å²) in [4.78, 5) is 28.4. The Hall–Kier alpha value is -3.61. The van der Waals surface area contributed by atoms with Crippen molar-refractivity contribution in [3.63, 3.8) is 0 Å². The molecule has 0 aliphatic carbocycles. The van der Waals surface area contributed by atoms with Gasteiger partial charge in [-0.05, 0) is 42.7 Å². The van der Waals surface area contributed by atoms with Crippen LogP contribution in [0.15, 0.2) is 61.3 Å². The van der Waals surface area contributed by atoms with E-state index in [2.05, 4.69) is 15.1 Å². The number of fused-ring (bicyclic) bond motifs is 1. The number of hydrogen-bond acceptors (Lipinski definition) is 5. The van der Waals surface area contributed by atoms with Gasteiger partial charge in [-0.15, -0.1) is 0 Å². The zero-order valence-electron chi connectivity index (χ0n) is 15.9. The first-order valence-corrected chi connectivity index (χ1v) is 9.75. The number of carbonyl (C=O) groups is 1. The molecule has 0 bridgehead atoms. The van der Waals surface area contributed by atoms with Crippen molar-refractivity contribution in [2.45, 2.75) is 19.4 Å². The van der Waals surface area contributed by atoms with Gasteiger partial charge >= 0.3 is 0 Å². The van der Waals surface area contributed by atoms with Crippen LogP contribution >= 0.6 is 0 Å². The van der Waals surface area contributed by atoms with Crippen LogP contribution in [-0.2, 0) is 6.54 Å². The molecule has 0 spiro atoms. The molecule has 29 heavy (non-hydrogen) atoms. The van der Waals surface area contributed by atoms with Crippen molar-refractivity contribution in [3.05, 3.63) is 72.4 Å². The predicted octanol–water partition coefficient (Wildman–Crippen LogP) is 3.17. The van der Waals surface area contributed by atoms with Crippen LogP contribution in [0.3, 0.4) is 0 Å². The largest absolute Gasteiger partial charge is 0.339 e. The van der Waals surface area contributed by atoms with E-state index in [1.807, 2.05) is 46.1 Å². The number of pyridine rings is 3. The van der Waals surface area contributed by atoms with E-state index in [4.69, 9.17) is 4.98 Å². The normalized spacial score (nSPS) is 13.9. The van der Waals surface area contributed by atoms with Crippen LogP contribution in [0.2, 0.25) is 0 Å². The second-order valence-electron chi connectivity index (χ2n) is 7.20. The number of rotatable bonds is 4. The molecule has 0 saturated carbocycles. The van der Waals surface area contributed by atoms with Gasteiger partial charge < -0.3 is 4.90 Å². The zero-order chi connectivity index (χ0) is 19.6. The van der Waals surface area contributed by atoms with Crippen molar-refractivity contribution in [1.82, 2.24) is 29.6 Å². The summed E-state index contributed by atoms with van der Waals surface area (Å²) >= 11 is 0. The molecule has 1 saturated heterocycles. The Morgan fingerprint density at radius 2 is 1.79 bits per heavy atom. The summed E-state index contributed by atoms with van der Waals surface area (Å²) < 4.78 is 1.83. The Balaban J connectivity index is 1.65. The summed E-state index contributed by atoms with van der Waals surface area (Å²) in [5, 5.41) is 5.31. The molecular formula is C22H20N6O. The van der Waals surface area contributed by atoms with Gasteiger partial charge in [-0.25, -0.2) is 9.67 Å². The van der Waals surface area contributed by atoms with Gasteiger partial charge in [0.15, 0.2) is 5.65 Å². The van der Waals surface area contributed by atoms with Crippen LogP contribution in [-0.4, -0.2) is 48.6 Å². The van der Waals surface area contributed by atoms with E-state index in [1.165, 1.54) is 0 Å². The molecule has 5 rings (SSSR count). The lowest BCUT2D eigenvalue weighted by Crippen LogP contribution is -2.27. The summed E-state index contributed by atoms with van der Waals surface area (Å²) in [5.74, 6) is 0.0426. The topological polar surface area (TPSA) is 76.8 Å². The minimum absolute atomic E-state index is 0.0426. The number of carbonyl (C=O) groups excluding carboxylic acids is 1. The molecule has 4 aromatic heterocycles. The fourth-order valence-corrected chi connectivity index (χ4v) is 3.76. The molecule has 0 aromatic carbocycles. The van der Waals surface area contributed by atoms with E-state index in [0.717, 1.165) is 48.1 Å². The maximum Gasteiger partial charge on any atom is 0.254 e. The highest BCUT2D eigenvalue weighted by molar-refractivity contribution is 6.06. The second-order valence-corrected chi connectivity index (χ2v) is 7.20. The first kappa shape index (κ1) is 17.5. The SMILES string of the molecule is O=C(c1cc(-c2cccnc2)nc2c1cnn2Cc1cccnc1)N1CCCC1. The summed E-state index contributed by atoms with van der Waals surface area (Å²) in [5.41, 5.74) is 3.96. The summed E-state index contributed by atoms with van der Waals surface area (Å²) in [6.45, 7) is 2.14. The second kappa shape index (κ2) is 7.43. The summed E-state index contributed by atoms with van der Waals surface area (Å²) in [6.07, 6.45) is 10.9. The Bertz CT molecular complexity index is 1150. The number of amides is 1.